The highest BCUT2D eigenvalue weighted by Gasteiger charge is 2.15. The fraction of sp³-hybridized carbons (Fsp3) is 0.222. The van der Waals surface area contributed by atoms with E-state index in [1.165, 1.54) is 7.11 Å². The first-order valence-corrected chi connectivity index (χ1v) is 7.14. The summed E-state index contributed by atoms with van der Waals surface area (Å²) in [4.78, 5) is 23.9. The Morgan fingerprint density at radius 2 is 1.68 bits per heavy atom. The molecule has 114 valence electrons. The van der Waals surface area contributed by atoms with Crippen LogP contribution in [0.25, 0.3) is 0 Å². The molecular formula is C18H19NO3. The van der Waals surface area contributed by atoms with Gasteiger partial charge in [0.2, 0.25) is 5.91 Å². The van der Waals surface area contributed by atoms with Gasteiger partial charge in [0.1, 0.15) is 0 Å². The zero-order valence-corrected chi connectivity index (χ0v) is 12.7. The van der Waals surface area contributed by atoms with Crippen LogP contribution < -0.4 is 5.32 Å². The van der Waals surface area contributed by atoms with Gasteiger partial charge in [-0.1, -0.05) is 49.4 Å². The predicted octanol–water partition coefficient (Wildman–Crippen LogP) is 3.61. The maximum Gasteiger partial charge on any atom is 0.339 e. The molecule has 0 bridgehead atoms. The van der Waals surface area contributed by atoms with E-state index in [4.69, 9.17) is 4.74 Å². The molecule has 4 heteroatoms. The SMILES string of the molecule is COC(=O)c1ccccc1NC(=O)CC(C)c1ccccc1. The quantitative estimate of drug-likeness (QED) is 0.858. The van der Waals surface area contributed by atoms with Crippen LogP contribution in [0.1, 0.15) is 35.2 Å². The number of amides is 1. The van der Waals surface area contributed by atoms with Crippen LogP contribution in [0.2, 0.25) is 0 Å². The molecule has 1 amide bonds. The number of hydrogen-bond donors (Lipinski definition) is 1. The highest BCUT2D eigenvalue weighted by Crippen LogP contribution is 2.21. The van der Waals surface area contributed by atoms with Crippen molar-refractivity contribution in [1.29, 1.82) is 0 Å². The Morgan fingerprint density at radius 1 is 1.05 bits per heavy atom. The Morgan fingerprint density at radius 3 is 2.36 bits per heavy atom. The molecule has 0 saturated heterocycles. The number of nitrogens with one attached hydrogen (secondary N) is 1. The molecule has 2 aromatic carbocycles. The summed E-state index contributed by atoms with van der Waals surface area (Å²) in [7, 11) is 1.32. The molecule has 0 heterocycles. The number of hydrogen-bond acceptors (Lipinski definition) is 3. The average Bonchev–Trinajstić information content (AvgIpc) is 2.55. The first-order valence-electron chi connectivity index (χ1n) is 7.14. The lowest BCUT2D eigenvalue weighted by molar-refractivity contribution is -0.116. The summed E-state index contributed by atoms with van der Waals surface area (Å²) in [6.45, 7) is 2.00. The van der Waals surface area contributed by atoms with Gasteiger partial charge in [-0.05, 0) is 23.6 Å². The van der Waals surface area contributed by atoms with Crippen molar-refractivity contribution < 1.29 is 14.3 Å². The summed E-state index contributed by atoms with van der Waals surface area (Å²) < 4.78 is 4.72. The van der Waals surface area contributed by atoms with E-state index in [-0.39, 0.29) is 11.8 Å². The maximum absolute atomic E-state index is 12.2. The molecule has 1 N–H and O–H groups in total. The minimum Gasteiger partial charge on any atom is -0.465 e. The number of carbonyl (C=O) groups is 2. The molecule has 2 aromatic rings. The zero-order valence-electron chi connectivity index (χ0n) is 12.7. The van der Waals surface area contributed by atoms with E-state index in [9.17, 15) is 9.59 Å². The molecule has 22 heavy (non-hydrogen) atoms. The van der Waals surface area contributed by atoms with Crippen LogP contribution in [0.5, 0.6) is 0 Å². The number of esters is 1. The van der Waals surface area contributed by atoms with Crippen molar-refractivity contribution in [2.24, 2.45) is 0 Å². The number of para-hydroxylation sites is 1. The fourth-order valence-electron chi connectivity index (χ4n) is 2.26. The summed E-state index contributed by atoms with van der Waals surface area (Å²) in [5.74, 6) is -0.494. The molecule has 4 nitrogen and oxygen atoms in total. The highest BCUT2D eigenvalue weighted by atomic mass is 16.5. The van der Waals surface area contributed by atoms with Gasteiger partial charge in [-0.3, -0.25) is 4.79 Å². The van der Waals surface area contributed by atoms with E-state index in [2.05, 4.69) is 5.32 Å². The lowest BCUT2D eigenvalue weighted by Gasteiger charge is -2.13. The summed E-state index contributed by atoms with van der Waals surface area (Å²) in [5.41, 5.74) is 1.93. The first kappa shape index (κ1) is 15.8. The van der Waals surface area contributed by atoms with Crippen molar-refractivity contribution in [3.8, 4) is 0 Å². The van der Waals surface area contributed by atoms with Crippen molar-refractivity contribution in [3.05, 3.63) is 65.7 Å². The van der Waals surface area contributed by atoms with Gasteiger partial charge in [-0.2, -0.15) is 0 Å². The highest BCUT2D eigenvalue weighted by molar-refractivity contribution is 6.01. The summed E-state index contributed by atoms with van der Waals surface area (Å²) in [5, 5.41) is 2.79. The van der Waals surface area contributed by atoms with Gasteiger partial charge in [0.05, 0.1) is 18.4 Å². The number of anilines is 1. The molecule has 0 aliphatic rings. The van der Waals surface area contributed by atoms with Crippen molar-refractivity contribution in [2.45, 2.75) is 19.3 Å². The standard InChI is InChI=1S/C18H19NO3/c1-13(14-8-4-3-5-9-14)12-17(20)19-16-11-7-6-10-15(16)18(21)22-2/h3-11,13H,12H2,1-2H3,(H,19,20). The Kier molecular flexibility index (Phi) is 5.31. The minimum atomic E-state index is -0.466. The van der Waals surface area contributed by atoms with Gasteiger partial charge in [-0.25, -0.2) is 4.79 Å². The van der Waals surface area contributed by atoms with Crippen LogP contribution in [-0.2, 0) is 9.53 Å². The van der Waals surface area contributed by atoms with Crippen molar-refractivity contribution in [1.82, 2.24) is 0 Å². The van der Waals surface area contributed by atoms with E-state index in [0.717, 1.165) is 5.56 Å². The number of ether oxygens (including phenoxy) is 1. The molecule has 0 spiro atoms. The smallest absolute Gasteiger partial charge is 0.339 e. The monoisotopic (exact) mass is 297 g/mol. The van der Waals surface area contributed by atoms with E-state index < -0.39 is 5.97 Å². The third-order valence-corrected chi connectivity index (χ3v) is 3.47. The van der Waals surface area contributed by atoms with Crippen molar-refractivity contribution in [3.63, 3.8) is 0 Å². The first-order chi connectivity index (χ1) is 10.6. The summed E-state index contributed by atoms with van der Waals surface area (Å²) >= 11 is 0. The molecule has 0 fully saturated rings. The topological polar surface area (TPSA) is 55.4 Å². The maximum atomic E-state index is 12.2. The molecule has 0 aromatic heterocycles. The van der Waals surface area contributed by atoms with Gasteiger partial charge in [0.25, 0.3) is 0 Å². The minimum absolute atomic E-state index is 0.103. The van der Waals surface area contributed by atoms with Crippen LogP contribution in [0.15, 0.2) is 54.6 Å². The molecule has 0 aliphatic carbocycles. The lowest BCUT2D eigenvalue weighted by Crippen LogP contribution is -2.17. The van der Waals surface area contributed by atoms with Gasteiger partial charge in [0.15, 0.2) is 0 Å². The Hall–Kier alpha value is -2.62. The van der Waals surface area contributed by atoms with Gasteiger partial charge in [0, 0.05) is 6.42 Å². The lowest BCUT2D eigenvalue weighted by atomic mass is 9.97. The summed E-state index contributed by atoms with van der Waals surface area (Å²) in [6.07, 6.45) is 0.347. The number of benzene rings is 2. The van der Waals surface area contributed by atoms with Crippen LogP contribution in [0.3, 0.4) is 0 Å². The number of carbonyl (C=O) groups excluding carboxylic acids is 2. The second-order valence-corrected chi connectivity index (χ2v) is 5.10. The van der Waals surface area contributed by atoms with Crippen molar-refractivity contribution >= 4 is 17.6 Å². The Balaban J connectivity index is 2.05. The molecule has 1 atom stereocenters. The van der Waals surface area contributed by atoms with Gasteiger partial charge >= 0.3 is 5.97 Å². The Labute approximate surface area is 130 Å². The van der Waals surface area contributed by atoms with Crippen LogP contribution in [0, 0.1) is 0 Å². The van der Waals surface area contributed by atoms with Crippen LogP contribution in [0.4, 0.5) is 5.69 Å². The second-order valence-electron chi connectivity index (χ2n) is 5.10. The second kappa shape index (κ2) is 7.41. The van der Waals surface area contributed by atoms with Crippen LogP contribution >= 0.6 is 0 Å². The van der Waals surface area contributed by atoms with E-state index in [0.29, 0.717) is 17.7 Å². The molecule has 1 unspecified atom stereocenters. The van der Waals surface area contributed by atoms with E-state index >= 15 is 0 Å². The number of rotatable bonds is 5. The normalized spacial score (nSPS) is 11.5. The van der Waals surface area contributed by atoms with E-state index in [1.807, 2.05) is 37.3 Å². The Bertz CT molecular complexity index is 652. The molecule has 2 rings (SSSR count). The average molecular weight is 297 g/mol. The predicted molar refractivity (Wildman–Crippen MR) is 85.9 cm³/mol. The number of methoxy groups -OCH3 is 1. The molecular weight excluding hydrogens is 278 g/mol. The van der Waals surface area contributed by atoms with Gasteiger partial charge in [-0.15, -0.1) is 0 Å². The molecule has 0 radical (unpaired) electrons. The van der Waals surface area contributed by atoms with Crippen LogP contribution in [-0.4, -0.2) is 19.0 Å². The van der Waals surface area contributed by atoms with Crippen molar-refractivity contribution in [2.75, 3.05) is 12.4 Å². The summed E-state index contributed by atoms with van der Waals surface area (Å²) in [6, 6.07) is 16.7. The third-order valence-electron chi connectivity index (χ3n) is 3.47. The fourth-order valence-corrected chi connectivity index (χ4v) is 2.26. The molecule has 0 aliphatic heterocycles. The van der Waals surface area contributed by atoms with Gasteiger partial charge < -0.3 is 10.1 Å². The largest absolute Gasteiger partial charge is 0.465 e. The molecule has 0 saturated carbocycles. The zero-order chi connectivity index (χ0) is 15.9. The van der Waals surface area contributed by atoms with E-state index in [1.54, 1.807) is 24.3 Å². The third kappa shape index (κ3) is 3.95.